The van der Waals surface area contributed by atoms with Gasteiger partial charge in [-0.25, -0.2) is 4.98 Å². The van der Waals surface area contributed by atoms with Crippen molar-refractivity contribution in [2.45, 2.75) is 38.5 Å². The fourth-order valence-electron chi connectivity index (χ4n) is 3.77. The van der Waals surface area contributed by atoms with Gasteiger partial charge < -0.3 is 20.1 Å². The third-order valence-corrected chi connectivity index (χ3v) is 5.57. The summed E-state index contributed by atoms with van der Waals surface area (Å²) in [5.41, 5.74) is 9.63. The summed E-state index contributed by atoms with van der Waals surface area (Å²) in [4.78, 5) is 19.5. The van der Waals surface area contributed by atoms with Crippen LogP contribution >= 0.6 is 0 Å². The molecule has 4 aromatic rings. The van der Waals surface area contributed by atoms with Crippen LogP contribution in [0.3, 0.4) is 0 Å². The third-order valence-electron chi connectivity index (χ3n) is 5.57. The van der Waals surface area contributed by atoms with Crippen LogP contribution < -0.4 is 10.5 Å². The van der Waals surface area contributed by atoms with Crippen LogP contribution in [0, 0.1) is 0 Å². The van der Waals surface area contributed by atoms with Gasteiger partial charge in [-0.2, -0.15) is 0 Å². The van der Waals surface area contributed by atoms with Gasteiger partial charge in [-0.1, -0.05) is 48.5 Å². The first-order valence-corrected chi connectivity index (χ1v) is 11.3. The van der Waals surface area contributed by atoms with Gasteiger partial charge >= 0.3 is 0 Å². The number of amides is 1. The molecule has 0 aliphatic rings. The van der Waals surface area contributed by atoms with Crippen molar-refractivity contribution in [2.75, 3.05) is 0 Å². The fourth-order valence-corrected chi connectivity index (χ4v) is 3.77. The lowest BCUT2D eigenvalue weighted by molar-refractivity contribution is 0.0995. The minimum atomic E-state index is -0.575. The van der Waals surface area contributed by atoms with Gasteiger partial charge in [0.05, 0.1) is 18.1 Å². The highest BCUT2D eigenvalue weighted by molar-refractivity contribution is 5.90. The Morgan fingerprint density at radius 1 is 1.03 bits per heavy atom. The maximum Gasteiger partial charge on any atom is 0.268 e. The van der Waals surface area contributed by atoms with Crippen molar-refractivity contribution < 1.29 is 14.6 Å². The number of aryl methyl sites for hydroxylation is 1. The number of pyridine rings is 1. The van der Waals surface area contributed by atoms with Crippen molar-refractivity contribution in [3.8, 4) is 17.0 Å². The molecule has 0 saturated carbocycles. The maximum absolute atomic E-state index is 11.1. The molecule has 0 unspecified atom stereocenters. The Labute approximate surface area is 198 Å². The van der Waals surface area contributed by atoms with Crippen LogP contribution in [0.15, 0.2) is 85.5 Å². The smallest absolute Gasteiger partial charge is 0.268 e. The minimum absolute atomic E-state index is 0.199. The summed E-state index contributed by atoms with van der Waals surface area (Å²) in [6, 6.07) is 22.1. The number of ether oxygens (including phenoxy) is 1. The van der Waals surface area contributed by atoms with E-state index < -0.39 is 12.0 Å². The van der Waals surface area contributed by atoms with Crippen molar-refractivity contribution in [3.05, 3.63) is 102 Å². The quantitative estimate of drug-likeness (QED) is 0.355. The van der Waals surface area contributed by atoms with E-state index in [0.29, 0.717) is 19.6 Å². The predicted octanol–water partition coefficient (Wildman–Crippen LogP) is 4.01. The number of aliphatic hydroxyl groups is 1. The Balaban J connectivity index is 1.27. The number of primary amides is 1. The highest BCUT2D eigenvalue weighted by atomic mass is 16.5. The summed E-state index contributed by atoms with van der Waals surface area (Å²) in [7, 11) is 0. The van der Waals surface area contributed by atoms with E-state index in [2.05, 4.69) is 40.3 Å². The Bertz CT molecular complexity index is 1210. The molecule has 0 saturated heterocycles. The van der Waals surface area contributed by atoms with E-state index in [1.165, 1.54) is 6.33 Å². The summed E-state index contributed by atoms with van der Waals surface area (Å²) in [6.07, 6.45) is 6.53. The van der Waals surface area contributed by atoms with Crippen LogP contribution in [0.1, 0.15) is 34.5 Å². The summed E-state index contributed by atoms with van der Waals surface area (Å²) >= 11 is 0. The number of nitrogens with zero attached hydrogens (tertiary/aromatic N) is 3. The molecule has 2 aromatic heterocycles. The summed E-state index contributed by atoms with van der Waals surface area (Å²) in [6.45, 7) is 0.845. The molecule has 7 nitrogen and oxygen atoms in total. The Morgan fingerprint density at radius 3 is 2.56 bits per heavy atom. The van der Waals surface area contributed by atoms with Crippen molar-refractivity contribution >= 4 is 5.91 Å². The van der Waals surface area contributed by atoms with Gasteiger partial charge in [-0.15, -0.1) is 0 Å². The van der Waals surface area contributed by atoms with Gasteiger partial charge in [0, 0.05) is 24.5 Å². The van der Waals surface area contributed by atoms with Gasteiger partial charge in [-0.05, 0) is 48.6 Å². The normalized spacial score (nSPS) is 11.8. The zero-order chi connectivity index (χ0) is 23.8. The molecule has 34 heavy (non-hydrogen) atoms. The Kier molecular flexibility index (Phi) is 7.67. The number of imidazole rings is 1. The molecule has 0 aliphatic heterocycles. The van der Waals surface area contributed by atoms with Crippen LogP contribution in [-0.2, 0) is 19.6 Å². The first-order chi connectivity index (χ1) is 16.6. The molecule has 2 heterocycles. The number of rotatable bonds is 11. The van der Waals surface area contributed by atoms with Crippen LogP contribution in [0.4, 0.5) is 0 Å². The lowest BCUT2D eigenvalue weighted by atomic mass is 10.0. The zero-order valence-electron chi connectivity index (χ0n) is 18.9. The minimum Gasteiger partial charge on any atom is -0.489 e. The first-order valence-electron chi connectivity index (χ1n) is 11.3. The second kappa shape index (κ2) is 11.2. The van der Waals surface area contributed by atoms with Crippen molar-refractivity contribution in [3.63, 3.8) is 0 Å². The van der Waals surface area contributed by atoms with Gasteiger partial charge in [0.2, 0.25) is 0 Å². The number of hydrogen-bond donors (Lipinski definition) is 2. The van der Waals surface area contributed by atoms with E-state index in [4.69, 9.17) is 10.5 Å². The summed E-state index contributed by atoms with van der Waals surface area (Å²) in [5.74, 6) is 0.278. The van der Waals surface area contributed by atoms with E-state index in [0.717, 1.165) is 41.0 Å². The first kappa shape index (κ1) is 23.2. The number of hydrogen-bond acceptors (Lipinski definition) is 5. The topological polar surface area (TPSA) is 103 Å². The molecular weight excluding hydrogens is 428 g/mol. The van der Waals surface area contributed by atoms with E-state index >= 15 is 0 Å². The number of benzene rings is 2. The zero-order valence-corrected chi connectivity index (χ0v) is 18.9. The predicted molar refractivity (Wildman–Crippen MR) is 130 cm³/mol. The van der Waals surface area contributed by atoms with E-state index in [1.807, 2.05) is 36.4 Å². The number of carbonyl (C=O) groups excluding carboxylic acids is 1. The van der Waals surface area contributed by atoms with Crippen molar-refractivity contribution in [1.29, 1.82) is 0 Å². The molecule has 174 valence electrons. The third kappa shape index (κ3) is 6.30. The molecule has 3 N–H and O–H groups in total. The molecule has 1 atom stereocenters. The second-order valence-corrected chi connectivity index (χ2v) is 8.17. The molecule has 4 rings (SSSR count). The average Bonchev–Trinajstić information content (AvgIpc) is 3.33. The Morgan fingerprint density at radius 2 is 1.82 bits per heavy atom. The number of para-hydroxylation sites is 1. The van der Waals surface area contributed by atoms with Crippen molar-refractivity contribution in [2.24, 2.45) is 5.73 Å². The lowest BCUT2D eigenvalue weighted by Gasteiger charge is -2.14. The molecule has 0 radical (unpaired) electrons. The lowest BCUT2D eigenvalue weighted by Crippen LogP contribution is -2.15. The molecule has 0 fully saturated rings. The van der Waals surface area contributed by atoms with Gasteiger partial charge in [0.25, 0.3) is 5.91 Å². The number of aromatic nitrogens is 3. The molecule has 2 aromatic carbocycles. The molecule has 0 bridgehead atoms. The van der Waals surface area contributed by atoms with E-state index in [-0.39, 0.29) is 5.69 Å². The van der Waals surface area contributed by atoms with Crippen LogP contribution in [0.5, 0.6) is 5.75 Å². The van der Waals surface area contributed by atoms with Crippen molar-refractivity contribution in [1.82, 2.24) is 14.5 Å². The summed E-state index contributed by atoms with van der Waals surface area (Å²) in [5, 5.41) is 10.4. The average molecular weight is 457 g/mol. The largest absolute Gasteiger partial charge is 0.489 e. The summed E-state index contributed by atoms with van der Waals surface area (Å²) < 4.78 is 7.79. The molecule has 1 amide bonds. The fraction of sp³-hybridized carbons (Fsp3) is 0.222. The number of aliphatic hydroxyl groups excluding tert-OH is 1. The Hall–Kier alpha value is -3.97. The number of nitrogens with two attached hydrogens (primary N) is 1. The SMILES string of the molecule is NC(=O)c1cn(C[C@@H](O)CCCc2ccccc2OCc2ccc(-c3ccccn3)cc2)cn1. The van der Waals surface area contributed by atoms with E-state index in [1.54, 1.807) is 17.0 Å². The van der Waals surface area contributed by atoms with Gasteiger partial charge in [-0.3, -0.25) is 9.78 Å². The highest BCUT2D eigenvalue weighted by Gasteiger charge is 2.10. The second-order valence-electron chi connectivity index (χ2n) is 8.17. The standard InChI is InChI=1S/C27H28N4O3/c28-27(33)25-17-31(19-30-25)16-23(32)8-5-7-22-6-1-2-10-26(22)34-18-20-11-13-21(14-12-20)24-9-3-4-15-29-24/h1-4,6,9-15,17,19,23,32H,5,7-8,16,18H2,(H2,28,33)/t23-/m0/s1. The van der Waals surface area contributed by atoms with Gasteiger partial charge in [0.1, 0.15) is 18.1 Å². The van der Waals surface area contributed by atoms with E-state index in [9.17, 15) is 9.90 Å². The number of carbonyl (C=O) groups is 1. The van der Waals surface area contributed by atoms with Crippen LogP contribution in [0.2, 0.25) is 0 Å². The van der Waals surface area contributed by atoms with Gasteiger partial charge in [0.15, 0.2) is 0 Å². The molecule has 0 spiro atoms. The molecule has 0 aliphatic carbocycles. The monoisotopic (exact) mass is 456 g/mol. The highest BCUT2D eigenvalue weighted by Crippen LogP contribution is 2.23. The maximum atomic E-state index is 11.1. The molecular formula is C27H28N4O3. The van der Waals surface area contributed by atoms with Crippen LogP contribution in [0.25, 0.3) is 11.3 Å². The molecule has 7 heteroatoms. The van der Waals surface area contributed by atoms with Crippen LogP contribution in [-0.4, -0.2) is 31.7 Å².